The van der Waals surface area contributed by atoms with Crippen molar-refractivity contribution in [3.8, 4) is 23.0 Å². The lowest BCUT2D eigenvalue weighted by molar-refractivity contribution is -0.172. The zero-order chi connectivity index (χ0) is 91.0. The molecule has 0 amide bonds. The van der Waals surface area contributed by atoms with Crippen LogP contribution in [0.2, 0.25) is 0 Å². The molecule has 1 aliphatic heterocycles. The number of ether oxygens (including phenoxy) is 14. The number of rotatable bonds is 58. The van der Waals surface area contributed by atoms with Gasteiger partial charge in [0.2, 0.25) is 0 Å². The van der Waals surface area contributed by atoms with Gasteiger partial charge in [-0.05, 0) is 225 Å². The number of hydrogen-bond acceptors (Lipinski definition) is 16. The molecule has 12 aromatic carbocycles. The van der Waals surface area contributed by atoms with E-state index in [1.54, 1.807) is 13.8 Å². The van der Waals surface area contributed by atoms with E-state index in [1.807, 2.05) is 218 Å². The van der Waals surface area contributed by atoms with Gasteiger partial charge in [0.05, 0.1) is 52.9 Å². The Bertz CT molecular complexity index is 4700. The highest BCUT2D eigenvalue weighted by Gasteiger charge is 2.61. The standard InChI is InChI=1S/C115H126O16/c1-7-87-19-27-91(28-20-87)75-118-67-11-15-71-122-79-95-35-43-99(44-36-95)83-126-107-59-51-103(52-60-107)114(116,104-53-61-108(62-54-104)127-84-100-45-37-96(38-46-100)80-123-72-16-12-68-119-76-92-29-21-88(8-2)22-30-92)111-112(131-113(5,6)130-111)115(117,105-55-63-109(64-56-105)128-85-101-47-39-97(40-48-101)81-124-73-17-13-69-120-77-93-31-23-89(9-3)24-32-93)106-57-65-110(66-58-106)129-86-102-49-41-98(42-50-102)82-125-74-18-14-70-121-78-94-33-25-90(10-4)26-34-94/h7-10,19-66,111-112,116-117H,1-4,11-18,67-86H2,5-6H3/t111-,112-/m1/s1. The molecule has 12 aromatic rings. The van der Waals surface area contributed by atoms with Crippen molar-refractivity contribution in [3.63, 3.8) is 0 Å². The molecule has 1 aliphatic rings. The minimum atomic E-state index is -2.03. The molecule has 16 heteroatoms. The second-order valence-electron chi connectivity index (χ2n) is 33.6. The second kappa shape index (κ2) is 51.2. The minimum Gasteiger partial charge on any atom is -0.489 e. The normalized spacial score (nSPS) is 13.6. The molecule has 0 saturated carbocycles. The fourth-order valence-corrected chi connectivity index (χ4v) is 15.3. The summed E-state index contributed by atoms with van der Waals surface area (Å²) in [5.74, 6) is 0.938. The molecular weight excluding hydrogens is 1640 g/mol. The summed E-state index contributed by atoms with van der Waals surface area (Å²) in [5, 5.41) is 28.7. The molecule has 0 radical (unpaired) electrons. The van der Waals surface area contributed by atoms with Crippen LogP contribution in [-0.2, 0) is 138 Å². The van der Waals surface area contributed by atoms with Crippen molar-refractivity contribution in [1.29, 1.82) is 0 Å². The molecule has 2 N–H and O–H groups in total. The molecule has 0 bridgehead atoms. The van der Waals surface area contributed by atoms with Crippen LogP contribution in [0.5, 0.6) is 23.0 Å². The summed E-state index contributed by atoms with van der Waals surface area (Å²) in [6.07, 6.45) is 12.0. The lowest BCUT2D eigenvalue weighted by atomic mass is 9.72. The molecule has 0 unspecified atom stereocenters. The zero-order valence-corrected chi connectivity index (χ0v) is 75.9. The van der Waals surface area contributed by atoms with Gasteiger partial charge in [0, 0.05) is 52.9 Å². The van der Waals surface area contributed by atoms with Crippen molar-refractivity contribution in [2.45, 2.75) is 174 Å². The fourth-order valence-electron chi connectivity index (χ4n) is 15.3. The summed E-state index contributed by atoms with van der Waals surface area (Å²) >= 11 is 0. The molecule has 131 heavy (non-hydrogen) atoms. The number of aliphatic hydroxyl groups is 2. The molecule has 2 atom stereocenters. The van der Waals surface area contributed by atoms with Gasteiger partial charge in [0.1, 0.15) is 72.8 Å². The predicted molar refractivity (Wildman–Crippen MR) is 519 cm³/mol. The van der Waals surface area contributed by atoms with Gasteiger partial charge in [0.25, 0.3) is 0 Å². The van der Waals surface area contributed by atoms with Crippen molar-refractivity contribution >= 4 is 24.3 Å². The van der Waals surface area contributed by atoms with Gasteiger partial charge in [0.15, 0.2) is 5.79 Å². The van der Waals surface area contributed by atoms with E-state index in [4.69, 9.17) is 66.3 Å². The average molecular weight is 1760 g/mol. The first-order valence-electron chi connectivity index (χ1n) is 45.7. The zero-order valence-electron chi connectivity index (χ0n) is 75.9. The van der Waals surface area contributed by atoms with E-state index in [-0.39, 0.29) is 26.4 Å². The molecule has 0 aromatic heterocycles. The van der Waals surface area contributed by atoms with Gasteiger partial charge >= 0.3 is 0 Å². The number of hydrogen-bond donors (Lipinski definition) is 2. The largest absolute Gasteiger partial charge is 0.489 e. The molecule has 1 heterocycles. The van der Waals surface area contributed by atoms with Gasteiger partial charge in [-0.3, -0.25) is 0 Å². The summed E-state index contributed by atoms with van der Waals surface area (Å²) in [5.41, 5.74) is 14.8. The number of benzene rings is 12. The maximum absolute atomic E-state index is 14.4. The van der Waals surface area contributed by atoms with Crippen LogP contribution in [-0.4, -0.2) is 81.1 Å². The van der Waals surface area contributed by atoms with E-state index >= 15 is 0 Å². The maximum Gasteiger partial charge on any atom is 0.164 e. The van der Waals surface area contributed by atoms with Gasteiger partial charge < -0.3 is 76.5 Å². The second-order valence-corrected chi connectivity index (χ2v) is 33.6. The summed E-state index contributed by atoms with van der Waals surface area (Å²) in [7, 11) is 0. The lowest BCUT2D eigenvalue weighted by Crippen LogP contribution is -2.55. The van der Waals surface area contributed by atoms with Crippen molar-refractivity contribution in [2.24, 2.45) is 0 Å². The van der Waals surface area contributed by atoms with Crippen molar-refractivity contribution in [3.05, 3.63) is 429 Å². The molecule has 0 aliphatic carbocycles. The molecule has 0 spiro atoms. The minimum absolute atomic E-state index is 0.288. The summed E-state index contributed by atoms with van der Waals surface area (Å²) in [4.78, 5) is 0. The first-order valence-corrected chi connectivity index (χ1v) is 45.7. The van der Waals surface area contributed by atoms with Crippen LogP contribution >= 0.6 is 0 Å². The molecular formula is C115H126O16. The Hall–Kier alpha value is -11.7. The highest BCUT2D eigenvalue weighted by molar-refractivity contribution is 5.52. The highest BCUT2D eigenvalue weighted by atomic mass is 16.8. The Morgan fingerprint density at radius 1 is 0.229 bits per heavy atom. The molecule has 13 rings (SSSR count). The third-order valence-corrected chi connectivity index (χ3v) is 23.1. The van der Waals surface area contributed by atoms with E-state index in [2.05, 4.69) is 123 Å². The lowest BCUT2D eigenvalue weighted by Gasteiger charge is -2.42. The van der Waals surface area contributed by atoms with Crippen molar-refractivity contribution < 1.29 is 76.5 Å². The van der Waals surface area contributed by atoms with Crippen LogP contribution in [0.15, 0.2) is 318 Å². The predicted octanol–water partition coefficient (Wildman–Crippen LogP) is 24.3. The Labute approximate surface area is 774 Å². The molecule has 16 nitrogen and oxygen atoms in total. The van der Waals surface area contributed by atoms with Crippen LogP contribution in [0.4, 0.5) is 0 Å². The summed E-state index contributed by atoms with van der Waals surface area (Å²) in [6.45, 7) is 29.6. The van der Waals surface area contributed by atoms with Gasteiger partial charge in [-0.15, -0.1) is 0 Å². The van der Waals surface area contributed by atoms with Crippen molar-refractivity contribution in [2.75, 3.05) is 52.9 Å². The van der Waals surface area contributed by atoms with Crippen LogP contribution in [0.25, 0.3) is 24.3 Å². The third-order valence-electron chi connectivity index (χ3n) is 23.1. The highest BCUT2D eigenvalue weighted by Crippen LogP contribution is 2.51. The van der Waals surface area contributed by atoms with E-state index in [0.29, 0.717) is 151 Å². The SMILES string of the molecule is C=Cc1ccc(COCCCCOCc2ccc(COc3ccc(C(O)(c4ccc(OCc5ccc(COCCCCOCc6ccc(C=C)cc6)cc5)cc4)[C@@H]4OC(C)(C)O[C@H]4C(O)(c4ccc(OCc5ccc(COCCCCOCc6ccc(C=C)cc6)cc5)cc4)c4ccc(OCc5ccc(COCCCCOCc6ccc(C=C)cc6)cc5)cc4)cc3)cc2)cc1. The molecule has 1 saturated heterocycles. The Kier molecular flexibility index (Phi) is 37.9. The van der Waals surface area contributed by atoms with Gasteiger partial charge in [-0.25, -0.2) is 0 Å². The van der Waals surface area contributed by atoms with E-state index < -0.39 is 29.2 Å². The smallest absolute Gasteiger partial charge is 0.164 e. The first kappa shape index (κ1) is 96.9. The van der Waals surface area contributed by atoms with Crippen LogP contribution in [0, 0.1) is 0 Å². The van der Waals surface area contributed by atoms with E-state index in [1.165, 1.54) is 0 Å². The van der Waals surface area contributed by atoms with E-state index in [9.17, 15) is 10.2 Å². The Morgan fingerprint density at radius 2 is 0.374 bits per heavy atom. The van der Waals surface area contributed by atoms with Crippen molar-refractivity contribution in [1.82, 2.24) is 0 Å². The third kappa shape index (κ3) is 30.2. The average Bonchev–Trinajstić information content (AvgIpc) is 1.59. The topological polar surface area (TPSA) is 170 Å². The van der Waals surface area contributed by atoms with Gasteiger partial charge in [-0.2, -0.15) is 0 Å². The van der Waals surface area contributed by atoms with Gasteiger partial charge in [-0.1, -0.05) is 293 Å². The Morgan fingerprint density at radius 3 is 0.527 bits per heavy atom. The molecule has 682 valence electrons. The first-order chi connectivity index (χ1) is 64.2. The Balaban J connectivity index is 0.687. The quantitative estimate of drug-likeness (QED) is 0.0345. The molecule has 1 fully saturated rings. The van der Waals surface area contributed by atoms with Crippen LogP contribution in [0.3, 0.4) is 0 Å². The summed E-state index contributed by atoms with van der Waals surface area (Å²) < 4.78 is 88.0. The monoisotopic (exact) mass is 1760 g/mol. The number of unbranched alkanes of at least 4 members (excludes halogenated alkanes) is 4. The fraction of sp³-hybridized carbons (Fsp3) is 0.304. The maximum atomic E-state index is 14.4. The van der Waals surface area contributed by atoms with E-state index in [0.717, 1.165) is 140 Å². The van der Waals surface area contributed by atoms with Crippen LogP contribution < -0.4 is 18.9 Å². The van der Waals surface area contributed by atoms with Crippen LogP contribution in [0.1, 0.15) is 176 Å². The summed E-state index contributed by atoms with van der Waals surface area (Å²) in [6, 6.07) is 95.4.